The fraction of sp³-hybridized carbons (Fsp3) is 0.455. The number of benzene rings is 1. The van der Waals surface area contributed by atoms with Gasteiger partial charge in [-0.3, -0.25) is 9.59 Å². The maximum Gasteiger partial charge on any atom is 0.234 e. The Morgan fingerprint density at radius 3 is 2.88 bits per heavy atom. The molecule has 0 radical (unpaired) electrons. The van der Waals surface area contributed by atoms with Crippen molar-refractivity contribution < 1.29 is 19.1 Å². The number of ether oxygens (including phenoxy) is 2. The van der Waals surface area contributed by atoms with Crippen molar-refractivity contribution in [3.63, 3.8) is 0 Å². The van der Waals surface area contributed by atoms with E-state index < -0.39 is 0 Å². The van der Waals surface area contributed by atoms with Crippen LogP contribution in [0.25, 0.3) is 0 Å². The van der Waals surface area contributed by atoms with Gasteiger partial charge < -0.3 is 25.0 Å². The SMILES string of the molecule is CCCNC(=O)[C@@H]1CCCN(c2ccc(SCC(=O)Nc3ccc4c(c3)OCO4)nn2)C1. The molecule has 1 aromatic carbocycles. The summed E-state index contributed by atoms with van der Waals surface area (Å²) in [4.78, 5) is 26.7. The first-order valence-electron chi connectivity index (χ1n) is 10.8. The average molecular weight is 458 g/mol. The number of anilines is 2. The minimum Gasteiger partial charge on any atom is -0.454 e. The monoisotopic (exact) mass is 457 g/mol. The van der Waals surface area contributed by atoms with Gasteiger partial charge in [0.1, 0.15) is 5.03 Å². The molecule has 2 aromatic rings. The Balaban J connectivity index is 1.26. The van der Waals surface area contributed by atoms with Crippen molar-refractivity contribution in [3.05, 3.63) is 30.3 Å². The van der Waals surface area contributed by atoms with Crippen molar-refractivity contribution in [2.24, 2.45) is 5.92 Å². The molecule has 1 atom stereocenters. The number of aromatic nitrogens is 2. The highest BCUT2D eigenvalue weighted by Crippen LogP contribution is 2.34. The van der Waals surface area contributed by atoms with Crippen molar-refractivity contribution in [1.82, 2.24) is 15.5 Å². The van der Waals surface area contributed by atoms with Gasteiger partial charge >= 0.3 is 0 Å². The van der Waals surface area contributed by atoms with Crippen molar-refractivity contribution in [2.45, 2.75) is 31.2 Å². The molecule has 0 spiro atoms. The number of fused-ring (bicyclic) bond motifs is 1. The van der Waals surface area contributed by atoms with Gasteiger partial charge in [0.25, 0.3) is 0 Å². The van der Waals surface area contributed by atoms with Crippen LogP contribution in [0.4, 0.5) is 11.5 Å². The highest BCUT2D eigenvalue weighted by Gasteiger charge is 2.26. The van der Waals surface area contributed by atoms with Gasteiger partial charge in [0.05, 0.1) is 11.7 Å². The molecule has 1 fully saturated rings. The number of hydrogen-bond donors (Lipinski definition) is 2. The van der Waals surface area contributed by atoms with Crippen LogP contribution in [-0.2, 0) is 9.59 Å². The molecule has 1 saturated heterocycles. The lowest BCUT2D eigenvalue weighted by molar-refractivity contribution is -0.125. The number of piperidine rings is 1. The second-order valence-electron chi connectivity index (χ2n) is 7.71. The summed E-state index contributed by atoms with van der Waals surface area (Å²) in [5, 5.41) is 15.1. The van der Waals surface area contributed by atoms with Crippen LogP contribution in [0.2, 0.25) is 0 Å². The summed E-state index contributed by atoms with van der Waals surface area (Å²) in [6.07, 6.45) is 2.77. The molecule has 2 aliphatic heterocycles. The third-order valence-corrected chi connectivity index (χ3v) is 6.22. The molecule has 10 heteroatoms. The van der Waals surface area contributed by atoms with Gasteiger partial charge in [0.2, 0.25) is 18.6 Å². The lowest BCUT2D eigenvalue weighted by Crippen LogP contribution is -2.43. The number of nitrogens with one attached hydrogen (secondary N) is 2. The Morgan fingerprint density at radius 2 is 2.06 bits per heavy atom. The van der Waals surface area contributed by atoms with E-state index in [0.717, 1.165) is 31.6 Å². The first-order chi connectivity index (χ1) is 15.6. The Labute approximate surface area is 191 Å². The average Bonchev–Trinajstić information content (AvgIpc) is 3.29. The maximum atomic E-state index is 12.3. The summed E-state index contributed by atoms with van der Waals surface area (Å²) < 4.78 is 10.6. The number of rotatable bonds is 8. The zero-order chi connectivity index (χ0) is 22.3. The third kappa shape index (κ3) is 5.61. The first kappa shape index (κ1) is 22.2. The molecule has 0 saturated carbocycles. The predicted molar refractivity (Wildman–Crippen MR) is 122 cm³/mol. The first-order valence-corrected chi connectivity index (χ1v) is 11.8. The van der Waals surface area contributed by atoms with E-state index in [-0.39, 0.29) is 30.3 Å². The van der Waals surface area contributed by atoms with Gasteiger partial charge in [0.15, 0.2) is 17.3 Å². The van der Waals surface area contributed by atoms with Gasteiger partial charge in [-0.25, -0.2) is 0 Å². The zero-order valence-electron chi connectivity index (χ0n) is 18.0. The molecule has 2 aliphatic rings. The summed E-state index contributed by atoms with van der Waals surface area (Å²) in [6.45, 7) is 4.46. The molecule has 0 aliphatic carbocycles. The molecule has 0 bridgehead atoms. The standard InChI is InChI=1S/C22H27N5O4S/c1-2-9-23-22(29)15-4-3-10-27(12-15)19-7-8-21(26-25-19)32-13-20(28)24-16-5-6-17-18(11-16)31-14-30-17/h5-8,11,15H,2-4,9-10,12-14H2,1H3,(H,23,29)(H,24,28)/t15-/m1/s1. The van der Waals surface area contributed by atoms with E-state index in [1.807, 2.05) is 19.1 Å². The molecule has 2 N–H and O–H groups in total. The second kappa shape index (κ2) is 10.5. The van der Waals surface area contributed by atoms with Crippen LogP contribution in [-0.4, -0.2) is 54.2 Å². The molecule has 32 heavy (non-hydrogen) atoms. The van der Waals surface area contributed by atoms with Crippen LogP contribution in [0.5, 0.6) is 11.5 Å². The summed E-state index contributed by atoms with van der Waals surface area (Å²) in [5.41, 5.74) is 0.656. The quantitative estimate of drug-likeness (QED) is 0.583. The smallest absolute Gasteiger partial charge is 0.234 e. The predicted octanol–water partition coefficient (Wildman–Crippen LogP) is 2.68. The van der Waals surface area contributed by atoms with E-state index in [2.05, 4.69) is 25.7 Å². The highest BCUT2D eigenvalue weighted by atomic mass is 32.2. The van der Waals surface area contributed by atoms with E-state index in [4.69, 9.17) is 9.47 Å². The second-order valence-corrected chi connectivity index (χ2v) is 8.71. The number of hydrogen-bond acceptors (Lipinski definition) is 8. The van der Waals surface area contributed by atoms with Crippen LogP contribution >= 0.6 is 11.8 Å². The third-order valence-electron chi connectivity index (χ3n) is 5.30. The molecule has 170 valence electrons. The largest absolute Gasteiger partial charge is 0.454 e. The zero-order valence-corrected chi connectivity index (χ0v) is 18.8. The molecule has 9 nitrogen and oxygen atoms in total. The van der Waals surface area contributed by atoms with Gasteiger partial charge in [-0.15, -0.1) is 10.2 Å². The van der Waals surface area contributed by atoms with E-state index in [1.54, 1.807) is 18.2 Å². The summed E-state index contributed by atoms with van der Waals surface area (Å²) in [5.74, 6) is 2.22. The number of thioether (sulfide) groups is 1. The number of amides is 2. The van der Waals surface area contributed by atoms with Crippen molar-refractivity contribution >= 4 is 35.1 Å². The van der Waals surface area contributed by atoms with Crippen LogP contribution in [0.1, 0.15) is 26.2 Å². The molecule has 4 rings (SSSR count). The normalized spacial score (nSPS) is 17.2. The fourth-order valence-corrected chi connectivity index (χ4v) is 4.28. The van der Waals surface area contributed by atoms with E-state index >= 15 is 0 Å². The number of carbonyl (C=O) groups excluding carboxylic acids is 2. The Morgan fingerprint density at radius 1 is 1.19 bits per heavy atom. The van der Waals surface area contributed by atoms with Gasteiger partial charge in [-0.05, 0) is 43.5 Å². The van der Waals surface area contributed by atoms with Crippen LogP contribution < -0.4 is 25.0 Å². The van der Waals surface area contributed by atoms with E-state index in [0.29, 0.717) is 35.3 Å². The van der Waals surface area contributed by atoms with Gasteiger partial charge in [-0.1, -0.05) is 18.7 Å². The molecule has 3 heterocycles. The fourth-order valence-electron chi connectivity index (χ4n) is 3.66. The lowest BCUT2D eigenvalue weighted by Gasteiger charge is -2.32. The number of carbonyl (C=O) groups is 2. The van der Waals surface area contributed by atoms with Crippen LogP contribution in [0, 0.1) is 5.92 Å². The lowest BCUT2D eigenvalue weighted by atomic mass is 9.97. The number of nitrogens with zero attached hydrogens (tertiary/aromatic N) is 3. The molecule has 0 unspecified atom stereocenters. The molecule has 2 amide bonds. The topological polar surface area (TPSA) is 106 Å². The minimum absolute atomic E-state index is 0.0222. The van der Waals surface area contributed by atoms with Crippen LogP contribution in [0.3, 0.4) is 0 Å². The van der Waals surface area contributed by atoms with Crippen LogP contribution in [0.15, 0.2) is 35.4 Å². The van der Waals surface area contributed by atoms with Gasteiger partial charge in [-0.2, -0.15) is 0 Å². The van der Waals surface area contributed by atoms with Crippen molar-refractivity contribution in [1.29, 1.82) is 0 Å². The molecule has 1 aromatic heterocycles. The van der Waals surface area contributed by atoms with Gasteiger partial charge in [0, 0.05) is 31.4 Å². The van der Waals surface area contributed by atoms with Crippen molar-refractivity contribution in [3.8, 4) is 11.5 Å². The molecular weight excluding hydrogens is 430 g/mol. The summed E-state index contributed by atoms with van der Waals surface area (Å²) >= 11 is 1.32. The minimum atomic E-state index is -0.142. The van der Waals surface area contributed by atoms with E-state index in [1.165, 1.54) is 11.8 Å². The Bertz CT molecular complexity index is 956. The highest BCUT2D eigenvalue weighted by molar-refractivity contribution is 7.99. The maximum absolute atomic E-state index is 12.3. The van der Waals surface area contributed by atoms with E-state index in [9.17, 15) is 9.59 Å². The summed E-state index contributed by atoms with van der Waals surface area (Å²) in [6, 6.07) is 9.06. The van der Waals surface area contributed by atoms with Crippen molar-refractivity contribution in [2.75, 3.05) is 42.4 Å². The Hall–Kier alpha value is -3.01. The Kier molecular flexibility index (Phi) is 7.31. The summed E-state index contributed by atoms with van der Waals surface area (Å²) in [7, 11) is 0. The molecular formula is C22H27N5O4S.